The highest BCUT2D eigenvalue weighted by molar-refractivity contribution is 7.99. The Morgan fingerprint density at radius 3 is 2.73 bits per heavy atom. The van der Waals surface area contributed by atoms with Crippen LogP contribution >= 0.6 is 11.8 Å². The summed E-state index contributed by atoms with van der Waals surface area (Å²) in [7, 11) is 1.74. The third-order valence-electron chi connectivity index (χ3n) is 2.06. The fraction of sp³-hybridized carbons (Fsp3) is 0.500. The van der Waals surface area contributed by atoms with Crippen molar-refractivity contribution < 1.29 is 4.74 Å². The van der Waals surface area contributed by atoms with Crippen LogP contribution in [0.3, 0.4) is 0 Å². The summed E-state index contributed by atoms with van der Waals surface area (Å²) in [6, 6.07) is 10.3. The molecule has 1 rings (SSSR count). The van der Waals surface area contributed by atoms with Crippen molar-refractivity contribution in [3.05, 3.63) is 30.3 Å². The molecule has 0 bridgehead atoms. The second kappa shape index (κ2) is 7.60. The highest BCUT2D eigenvalue weighted by atomic mass is 32.2. The van der Waals surface area contributed by atoms with E-state index in [9.17, 15) is 0 Å². The van der Waals surface area contributed by atoms with Crippen LogP contribution in [0.4, 0.5) is 5.69 Å². The van der Waals surface area contributed by atoms with Gasteiger partial charge >= 0.3 is 0 Å². The molecule has 0 saturated carbocycles. The number of anilines is 1. The predicted octanol–water partition coefficient (Wildman–Crippen LogP) is 2.87. The van der Waals surface area contributed by atoms with Crippen molar-refractivity contribution in [3.63, 3.8) is 0 Å². The van der Waals surface area contributed by atoms with Gasteiger partial charge in [-0.2, -0.15) is 11.8 Å². The van der Waals surface area contributed by atoms with Crippen LogP contribution in [-0.2, 0) is 4.74 Å². The normalized spacial score (nSPS) is 12.4. The molecule has 15 heavy (non-hydrogen) atoms. The molecular weight excluding hydrogens is 206 g/mol. The first kappa shape index (κ1) is 12.4. The summed E-state index contributed by atoms with van der Waals surface area (Å²) < 4.78 is 5.01. The van der Waals surface area contributed by atoms with E-state index in [2.05, 4.69) is 24.4 Å². The molecule has 0 spiro atoms. The SMILES string of the molecule is COCCSC(C)CNc1ccccc1. The first-order chi connectivity index (χ1) is 7.33. The van der Waals surface area contributed by atoms with Crippen LogP contribution in [-0.4, -0.2) is 31.3 Å². The second-order valence-corrected chi connectivity index (χ2v) is 4.97. The summed E-state index contributed by atoms with van der Waals surface area (Å²) in [4.78, 5) is 0. The van der Waals surface area contributed by atoms with E-state index in [1.807, 2.05) is 30.0 Å². The van der Waals surface area contributed by atoms with Gasteiger partial charge in [-0.3, -0.25) is 0 Å². The van der Waals surface area contributed by atoms with E-state index >= 15 is 0 Å². The molecule has 1 N–H and O–H groups in total. The summed E-state index contributed by atoms with van der Waals surface area (Å²) in [5, 5.41) is 4.02. The third-order valence-corrected chi connectivity index (χ3v) is 3.20. The smallest absolute Gasteiger partial charge is 0.0553 e. The average Bonchev–Trinajstić information content (AvgIpc) is 2.28. The molecule has 1 atom stereocenters. The Kier molecular flexibility index (Phi) is 6.28. The molecule has 84 valence electrons. The van der Waals surface area contributed by atoms with Crippen LogP contribution in [0.2, 0.25) is 0 Å². The lowest BCUT2D eigenvalue weighted by Crippen LogP contribution is -2.14. The number of hydrogen-bond acceptors (Lipinski definition) is 3. The minimum absolute atomic E-state index is 0.611. The highest BCUT2D eigenvalue weighted by Gasteiger charge is 2.01. The van der Waals surface area contributed by atoms with Gasteiger partial charge in [0.15, 0.2) is 0 Å². The monoisotopic (exact) mass is 225 g/mol. The molecule has 0 aliphatic carbocycles. The number of para-hydroxylation sites is 1. The minimum Gasteiger partial charge on any atom is -0.384 e. The third kappa shape index (κ3) is 5.70. The molecule has 0 aromatic heterocycles. The van der Waals surface area contributed by atoms with E-state index < -0.39 is 0 Å². The second-order valence-electron chi connectivity index (χ2n) is 3.42. The number of benzene rings is 1. The number of ether oxygens (including phenoxy) is 1. The van der Waals surface area contributed by atoms with Crippen LogP contribution in [0.15, 0.2) is 30.3 Å². The van der Waals surface area contributed by atoms with Crippen molar-refractivity contribution in [1.29, 1.82) is 0 Å². The Morgan fingerprint density at radius 2 is 2.07 bits per heavy atom. The molecule has 1 unspecified atom stereocenters. The number of methoxy groups -OCH3 is 1. The van der Waals surface area contributed by atoms with E-state index in [0.717, 1.165) is 18.9 Å². The number of rotatable bonds is 7. The number of nitrogens with one attached hydrogen (secondary N) is 1. The van der Waals surface area contributed by atoms with E-state index in [-0.39, 0.29) is 0 Å². The van der Waals surface area contributed by atoms with Gasteiger partial charge in [0, 0.05) is 30.3 Å². The van der Waals surface area contributed by atoms with Crippen LogP contribution < -0.4 is 5.32 Å². The molecule has 3 heteroatoms. The van der Waals surface area contributed by atoms with Crippen LogP contribution in [0.25, 0.3) is 0 Å². The zero-order valence-electron chi connectivity index (χ0n) is 9.40. The van der Waals surface area contributed by atoms with Gasteiger partial charge in [0.1, 0.15) is 0 Å². The number of thioether (sulfide) groups is 1. The largest absolute Gasteiger partial charge is 0.384 e. The molecular formula is C12H19NOS. The molecule has 0 saturated heterocycles. The molecule has 0 radical (unpaired) electrons. The number of hydrogen-bond donors (Lipinski definition) is 1. The van der Waals surface area contributed by atoms with Gasteiger partial charge in [-0.1, -0.05) is 25.1 Å². The molecule has 1 aromatic carbocycles. The van der Waals surface area contributed by atoms with Crippen molar-refractivity contribution >= 4 is 17.4 Å². The van der Waals surface area contributed by atoms with Gasteiger partial charge in [-0.15, -0.1) is 0 Å². The van der Waals surface area contributed by atoms with E-state index in [1.165, 1.54) is 5.69 Å². The van der Waals surface area contributed by atoms with Gasteiger partial charge in [-0.25, -0.2) is 0 Å². The first-order valence-electron chi connectivity index (χ1n) is 5.22. The maximum absolute atomic E-state index is 5.01. The van der Waals surface area contributed by atoms with Crippen molar-refractivity contribution in [2.24, 2.45) is 0 Å². The average molecular weight is 225 g/mol. The zero-order valence-corrected chi connectivity index (χ0v) is 10.2. The van der Waals surface area contributed by atoms with Crippen molar-refractivity contribution in [1.82, 2.24) is 0 Å². The summed E-state index contributed by atoms with van der Waals surface area (Å²) >= 11 is 1.93. The fourth-order valence-corrected chi connectivity index (χ4v) is 2.08. The Balaban J connectivity index is 2.14. The van der Waals surface area contributed by atoms with Crippen molar-refractivity contribution in [2.75, 3.05) is 31.3 Å². The Morgan fingerprint density at radius 1 is 1.33 bits per heavy atom. The maximum Gasteiger partial charge on any atom is 0.0553 e. The standard InChI is InChI=1S/C12H19NOS/c1-11(15-9-8-14-2)10-13-12-6-4-3-5-7-12/h3-7,11,13H,8-10H2,1-2H3. The molecule has 0 aliphatic rings. The summed E-state index contributed by atoms with van der Waals surface area (Å²) in [5.41, 5.74) is 1.19. The van der Waals surface area contributed by atoms with Crippen molar-refractivity contribution in [3.8, 4) is 0 Å². The maximum atomic E-state index is 5.01. The molecule has 0 heterocycles. The highest BCUT2D eigenvalue weighted by Crippen LogP contribution is 2.12. The van der Waals surface area contributed by atoms with Gasteiger partial charge in [0.2, 0.25) is 0 Å². The molecule has 1 aromatic rings. The summed E-state index contributed by atoms with van der Waals surface area (Å²) in [5.74, 6) is 1.06. The quantitative estimate of drug-likeness (QED) is 0.721. The molecule has 2 nitrogen and oxygen atoms in total. The fourth-order valence-electron chi connectivity index (χ4n) is 1.21. The lowest BCUT2D eigenvalue weighted by molar-refractivity contribution is 0.218. The van der Waals surface area contributed by atoms with Crippen LogP contribution in [0.1, 0.15) is 6.92 Å². The van der Waals surface area contributed by atoms with Gasteiger partial charge in [0.05, 0.1) is 6.61 Å². The van der Waals surface area contributed by atoms with E-state index in [4.69, 9.17) is 4.74 Å². The minimum atomic E-state index is 0.611. The Labute approximate surface area is 96.4 Å². The van der Waals surface area contributed by atoms with Crippen molar-refractivity contribution in [2.45, 2.75) is 12.2 Å². The van der Waals surface area contributed by atoms with E-state index in [0.29, 0.717) is 5.25 Å². The van der Waals surface area contributed by atoms with Crippen LogP contribution in [0.5, 0.6) is 0 Å². The lowest BCUT2D eigenvalue weighted by Gasteiger charge is -2.12. The topological polar surface area (TPSA) is 21.3 Å². The predicted molar refractivity (Wildman–Crippen MR) is 68.7 cm³/mol. The van der Waals surface area contributed by atoms with Gasteiger partial charge in [0.25, 0.3) is 0 Å². The summed E-state index contributed by atoms with van der Waals surface area (Å²) in [6.07, 6.45) is 0. The first-order valence-corrected chi connectivity index (χ1v) is 6.27. The summed E-state index contributed by atoms with van der Waals surface area (Å²) in [6.45, 7) is 4.06. The molecule has 0 fully saturated rings. The molecule has 0 aliphatic heterocycles. The zero-order chi connectivity index (χ0) is 10.9. The van der Waals surface area contributed by atoms with E-state index in [1.54, 1.807) is 7.11 Å². The Hall–Kier alpha value is -0.670. The Bertz CT molecular complexity index is 253. The van der Waals surface area contributed by atoms with Gasteiger partial charge in [-0.05, 0) is 12.1 Å². The van der Waals surface area contributed by atoms with Gasteiger partial charge < -0.3 is 10.1 Å². The lowest BCUT2D eigenvalue weighted by atomic mass is 10.3. The molecule has 0 amide bonds. The van der Waals surface area contributed by atoms with Crippen LogP contribution in [0, 0.1) is 0 Å².